The van der Waals surface area contributed by atoms with Gasteiger partial charge in [0.25, 0.3) is 0 Å². The third-order valence-electron chi connectivity index (χ3n) is 3.45. The van der Waals surface area contributed by atoms with Crippen LogP contribution in [0.1, 0.15) is 34.1 Å². The number of rotatable bonds is 6. The Morgan fingerprint density at radius 3 is 2.16 bits per heavy atom. The zero-order valence-electron chi connectivity index (χ0n) is 13.5. The van der Waals surface area contributed by atoms with Crippen LogP contribution in [0, 0.1) is 5.41 Å². The Morgan fingerprint density at radius 1 is 1.26 bits per heavy atom. The van der Waals surface area contributed by atoms with Gasteiger partial charge in [0.1, 0.15) is 0 Å². The molecule has 0 saturated heterocycles. The van der Waals surface area contributed by atoms with Crippen LogP contribution in [0.25, 0.3) is 0 Å². The third kappa shape index (κ3) is 6.78. The third-order valence-corrected chi connectivity index (χ3v) is 3.45. The molecule has 5 heteroatoms. The second-order valence-corrected chi connectivity index (χ2v) is 6.60. The van der Waals surface area contributed by atoms with Crippen molar-refractivity contribution in [1.82, 2.24) is 15.1 Å². The summed E-state index contributed by atoms with van der Waals surface area (Å²) in [6.07, 6.45) is 0.906. The molecular weight excluding hydrogens is 242 g/mol. The van der Waals surface area contributed by atoms with Gasteiger partial charge in [0, 0.05) is 13.1 Å². The van der Waals surface area contributed by atoms with Crippen LogP contribution < -0.4 is 5.32 Å². The maximum absolute atomic E-state index is 12.1. The van der Waals surface area contributed by atoms with Crippen molar-refractivity contribution < 1.29 is 9.90 Å². The van der Waals surface area contributed by atoms with Gasteiger partial charge in [-0.1, -0.05) is 20.8 Å². The second-order valence-electron chi connectivity index (χ2n) is 6.60. The molecule has 5 nitrogen and oxygen atoms in total. The molecular formula is C14H31N3O2. The summed E-state index contributed by atoms with van der Waals surface area (Å²) in [4.78, 5) is 15.8. The summed E-state index contributed by atoms with van der Waals surface area (Å²) in [5, 5.41) is 12.2. The van der Waals surface area contributed by atoms with Gasteiger partial charge in [0.15, 0.2) is 0 Å². The van der Waals surface area contributed by atoms with Crippen LogP contribution >= 0.6 is 0 Å². The van der Waals surface area contributed by atoms with Crippen molar-refractivity contribution in [3.05, 3.63) is 0 Å². The zero-order chi connectivity index (χ0) is 15.2. The molecule has 0 bridgehead atoms. The summed E-state index contributed by atoms with van der Waals surface area (Å²) in [5.41, 5.74) is 0.00889. The van der Waals surface area contributed by atoms with Crippen LogP contribution in [0.3, 0.4) is 0 Å². The molecule has 0 radical (unpaired) electrons. The number of aliphatic hydroxyl groups excluding tert-OH is 1. The molecule has 0 aromatic heterocycles. The highest BCUT2D eigenvalue weighted by molar-refractivity contribution is 5.74. The van der Waals surface area contributed by atoms with Crippen LogP contribution in [-0.2, 0) is 0 Å². The predicted octanol–water partition coefficient (Wildman–Crippen LogP) is 1.37. The maximum atomic E-state index is 12.1. The second kappa shape index (κ2) is 7.70. The molecule has 2 unspecified atom stereocenters. The van der Waals surface area contributed by atoms with Gasteiger partial charge in [-0.25, -0.2) is 4.79 Å². The molecule has 0 spiro atoms. The predicted molar refractivity (Wildman–Crippen MR) is 79.3 cm³/mol. The Labute approximate surface area is 118 Å². The first kappa shape index (κ1) is 18.2. The van der Waals surface area contributed by atoms with E-state index in [1.165, 1.54) is 0 Å². The molecule has 0 aliphatic rings. The lowest BCUT2D eigenvalue weighted by molar-refractivity contribution is 0.144. The first-order valence-corrected chi connectivity index (χ1v) is 6.88. The highest BCUT2D eigenvalue weighted by Gasteiger charge is 2.27. The normalized spacial score (nSPS) is 15.2. The molecule has 0 aliphatic heterocycles. The Morgan fingerprint density at radius 2 is 1.79 bits per heavy atom. The van der Waals surface area contributed by atoms with Crippen molar-refractivity contribution >= 4 is 6.03 Å². The van der Waals surface area contributed by atoms with Crippen molar-refractivity contribution in [2.45, 2.75) is 46.2 Å². The van der Waals surface area contributed by atoms with E-state index >= 15 is 0 Å². The van der Waals surface area contributed by atoms with Crippen LogP contribution in [0.4, 0.5) is 4.79 Å². The summed E-state index contributed by atoms with van der Waals surface area (Å²) in [7, 11) is 5.77. The average molecular weight is 273 g/mol. The number of hydrogen-bond acceptors (Lipinski definition) is 3. The van der Waals surface area contributed by atoms with Gasteiger partial charge in [-0.15, -0.1) is 0 Å². The van der Waals surface area contributed by atoms with Gasteiger partial charge in [0.05, 0.1) is 12.6 Å². The van der Waals surface area contributed by atoms with Gasteiger partial charge in [-0.3, -0.25) is 0 Å². The van der Waals surface area contributed by atoms with E-state index in [2.05, 4.69) is 31.0 Å². The number of carbonyl (C=O) groups excluding carboxylic acids is 1. The molecule has 0 saturated carbocycles. The first-order chi connectivity index (χ1) is 8.59. The Kier molecular flexibility index (Phi) is 7.37. The quantitative estimate of drug-likeness (QED) is 0.768. The van der Waals surface area contributed by atoms with E-state index < -0.39 is 0 Å². The van der Waals surface area contributed by atoms with Crippen molar-refractivity contribution in [1.29, 1.82) is 0 Å². The van der Waals surface area contributed by atoms with Crippen LogP contribution in [0.5, 0.6) is 0 Å². The molecule has 0 rings (SSSR count). The lowest BCUT2D eigenvalue weighted by Crippen LogP contribution is -2.51. The van der Waals surface area contributed by atoms with E-state index in [9.17, 15) is 4.79 Å². The van der Waals surface area contributed by atoms with Gasteiger partial charge < -0.3 is 20.2 Å². The van der Waals surface area contributed by atoms with Crippen molar-refractivity contribution in [2.75, 3.05) is 34.3 Å². The van der Waals surface area contributed by atoms with Crippen molar-refractivity contribution in [2.24, 2.45) is 5.41 Å². The summed E-state index contributed by atoms with van der Waals surface area (Å²) < 4.78 is 0. The van der Waals surface area contributed by atoms with Crippen molar-refractivity contribution in [3.8, 4) is 0 Å². The standard InChI is InChI=1S/C14H31N3O2/c1-11(10-18)17(7)13(19)15-12(14(2,3)4)8-9-16(5)6/h11-12,18H,8-10H2,1-7H3,(H,15,19). The number of urea groups is 1. The number of nitrogens with zero attached hydrogens (tertiary/aromatic N) is 2. The lowest BCUT2D eigenvalue weighted by Gasteiger charge is -2.35. The highest BCUT2D eigenvalue weighted by Crippen LogP contribution is 2.22. The van der Waals surface area contributed by atoms with E-state index in [1.54, 1.807) is 11.9 Å². The minimum atomic E-state index is -0.172. The van der Waals surface area contributed by atoms with E-state index in [-0.39, 0.29) is 30.1 Å². The molecule has 2 amide bonds. The largest absolute Gasteiger partial charge is 0.394 e. The van der Waals surface area contributed by atoms with Gasteiger partial charge >= 0.3 is 6.03 Å². The van der Waals surface area contributed by atoms with Crippen LogP contribution in [0.2, 0.25) is 0 Å². The molecule has 0 fully saturated rings. The number of amides is 2. The first-order valence-electron chi connectivity index (χ1n) is 6.88. The van der Waals surface area contributed by atoms with Gasteiger partial charge in [0.2, 0.25) is 0 Å². The SMILES string of the molecule is CC(CO)N(C)C(=O)NC(CCN(C)C)C(C)(C)C. The van der Waals surface area contributed by atoms with Crippen molar-refractivity contribution in [3.63, 3.8) is 0 Å². The smallest absolute Gasteiger partial charge is 0.317 e. The number of likely N-dealkylation sites (N-methyl/N-ethyl adjacent to an activating group) is 1. The Hall–Kier alpha value is -0.810. The number of nitrogens with one attached hydrogen (secondary N) is 1. The summed E-state index contributed by atoms with van der Waals surface area (Å²) in [5.74, 6) is 0. The van der Waals surface area contributed by atoms with Crippen LogP contribution in [0.15, 0.2) is 0 Å². The minimum absolute atomic E-state index is 0.00889. The number of hydrogen-bond donors (Lipinski definition) is 2. The molecule has 114 valence electrons. The molecule has 19 heavy (non-hydrogen) atoms. The molecule has 0 aromatic carbocycles. The average Bonchev–Trinajstić information content (AvgIpc) is 2.30. The Balaban J connectivity index is 4.60. The number of aliphatic hydroxyl groups is 1. The molecule has 0 aliphatic carbocycles. The number of carbonyl (C=O) groups is 1. The topological polar surface area (TPSA) is 55.8 Å². The fraction of sp³-hybridized carbons (Fsp3) is 0.929. The van der Waals surface area contributed by atoms with E-state index in [0.717, 1.165) is 13.0 Å². The molecule has 0 heterocycles. The van der Waals surface area contributed by atoms with E-state index in [0.29, 0.717) is 0 Å². The summed E-state index contributed by atoms with van der Waals surface area (Å²) in [6.45, 7) is 9.12. The van der Waals surface area contributed by atoms with E-state index in [1.807, 2.05) is 21.0 Å². The molecule has 0 aromatic rings. The fourth-order valence-corrected chi connectivity index (χ4v) is 1.68. The summed E-state index contributed by atoms with van der Waals surface area (Å²) in [6, 6.07) is -0.189. The molecule has 2 atom stereocenters. The highest BCUT2D eigenvalue weighted by atomic mass is 16.3. The molecule has 2 N–H and O–H groups in total. The Bertz CT molecular complexity index is 274. The maximum Gasteiger partial charge on any atom is 0.317 e. The van der Waals surface area contributed by atoms with E-state index in [4.69, 9.17) is 5.11 Å². The lowest BCUT2D eigenvalue weighted by atomic mass is 9.84. The zero-order valence-corrected chi connectivity index (χ0v) is 13.5. The fourth-order valence-electron chi connectivity index (χ4n) is 1.68. The van der Waals surface area contributed by atoms with Crippen LogP contribution in [-0.4, -0.2) is 67.3 Å². The van der Waals surface area contributed by atoms with Gasteiger partial charge in [-0.2, -0.15) is 0 Å². The minimum Gasteiger partial charge on any atom is -0.394 e. The monoisotopic (exact) mass is 273 g/mol. The summed E-state index contributed by atoms with van der Waals surface area (Å²) >= 11 is 0. The van der Waals surface area contributed by atoms with Gasteiger partial charge in [-0.05, 0) is 39.4 Å².